The molecule has 2 heterocycles. The SMILES string of the molecule is CC1(C(=O)O)CCN(C(=O)c2ccnc(Cl)c2[N+](=O)[O-])C1. The molecule has 0 radical (unpaired) electrons. The van der Waals surface area contributed by atoms with Gasteiger partial charge in [0, 0.05) is 19.3 Å². The maximum atomic E-state index is 12.4. The van der Waals surface area contributed by atoms with E-state index in [0.717, 1.165) is 0 Å². The van der Waals surface area contributed by atoms with Gasteiger partial charge in [-0.05, 0) is 19.4 Å². The first-order chi connectivity index (χ1) is 9.76. The fourth-order valence-electron chi connectivity index (χ4n) is 2.25. The Kier molecular flexibility index (Phi) is 3.82. The molecule has 1 saturated heterocycles. The van der Waals surface area contributed by atoms with Gasteiger partial charge >= 0.3 is 11.7 Å². The molecular weight excluding hydrogens is 302 g/mol. The minimum atomic E-state index is -1.04. The number of aliphatic carboxylic acids is 1. The molecule has 1 N–H and O–H groups in total. The van der Waals surface area contributed by atoms with Gasteiger partial charge in [0.05, 0.1) is 10.3 Å². The van der Waals surface area contributed by atoms with Crippen LogP contribution >= 0.6 is 11.6 Å². The van der Waals surface area contributed by atoms with Crippen molar-refractivity contribution >= 4 is 29.2 Å². The maximum absolute atomic E-state index is 12.4. The number of pyridine rings is 1. The second kappa shape index (κ2) is 5.28. The van der Waals surface area contributed by atoms with Crippen molar-refractivity contribution < 1.29 is 19.6 Å². The van der Waals surface area contributed by atoms with E-state index in [4.69, 9.17) is 16.7 Å². The van der Waals surface area contributed by atoms with Gasteiger partial charge in [-0.25, -0.2) is 4.98 Å². The number of carbonyl (C=O) groups is 2. The number of aromatic nitrogens is 1. The largest absolute Gasteiger partial charge is 0.481 e. The van der Waals surface area contributed by atoms with E-state index < -0.39 is 27.9 Å². The van der Waals surface area contributed by atoms with Crippen molar-refractivity contribution in [2.24, 2.45) is 5.41 Å². The Morgan fingerprint density at radius 3 is 2.76 bits per heavy atom. The molecule has 0 aliphatic carbocycles. The van der Waals surface area contributed by atoms with Gasteiger partial charge in [-0.3, -0.25) is 19.7 Å². The zero-order chi connectivity index (χ0) is 15.8. The molecule has 0 bridgehead atoms. The van der Waals surface area contributed by atoms with Crippen molar-refractivity contribution in [3.63, 3.8) is 0 Å². The van der Waals surface area contributed by atoms with E-state index in [1.165, 1.54) is 24.1 Å². The lowest BCUT2D eigenvalue weighted by atomic mass is 9.90. The Balaban J connectivity index is 2.33. The smallest absolute Gasteiger partial charge is 0.319 e. The average molecular weight is 314 g/mol. The highest BCUT2D eigenvalue weighted by molar-refractivity contribution is 6.32. The van der Waals surface area contributed by atoms with Crippen LogP contribution in [0.3, 0.4) is 0 Å². The predicted molar refractivity (Wildman–Crippen MR) is 72.2 cm³/mol. The van der Waals surface area contributed by atoms with Crippen molar-refractivity contribution in [3.05, 3.63) is 33.1 Å². The first kappa shape index (κ1) is 15.2. The zero-order valence-corrected chi connectivity index (χ0v) is 11.8. The molecule has 0 saturated carbocycles. The van der Waals surface area contributed by atoms with Crippen LogP contribution in [0, 0.1) is 15.5 Å². The number of halogens is 1. The number of carboxylic acids is 1. The van der Waals surface area contributed by atoms with Crippen LogP contribution in [0.15, 0.2) is 12.3 Å². The zero-order valence-electron chi connectivity index (χ0n) is 11.1. The summed E-state index contributed by atoms with van der Waals surface area (Å²) >= 11 is 5.66. The third kappa shape index (κ3) is 2.66. The maximum Gasteiger partial charge on any atom is 0.319 e. The molecule has 0 aromatic carbocycles. The number of carboxylic acid groups (broad SMARTS) is 1. The van der Waals surface area contributed by atoms with Gasteiger partial charge in [0.25, 0.3) is 5.91 Å². The van der Waals surface area contributed by atoms with Crippen molar-refractivity contribution in [3.8, 4) is 0 Å². The molecule has 1 fully saturated rings. The Bertz CT molecular complexity index is 635. The van der Waals surface area contributed by atoms with E-state index >= 15 is 0 Å². The topological polar surface area (TPSA) is 114 Å². The fraction of sp³-hybridized carbons (Fsp3) is 0.417. The third-order valence-corrected chi connectivity index (χ3v) is 3.85. The van der Waals surface area contributed by atoms with E-state index in [1.807, 2.05) is 0 Å². The Labute approximate surface area is 124 Å². The highest BCUT2D eigenvalue weighted by atomic mass is 35.5. The summed E-state index contributed by atoms with van der Waals surface area (Å²) in [5.74, 6) is -1.61. The van der Waals surface area contributed by atoms with Gasteiger partial charge in [0.15, 0.2) is 0 Å². The highest BCUT2D eigenvalue weighted by Crippen LogP contribution is 2.33. The molecule has 112 valence electrons. The number of amides is 1. The third-order valence-electron chi connectivity index (χ3n) is 3.57. The first-order valence-corrected chi connectivity index (χ1v) is 6.45. The molecule has 8 nitrogen and oxygen atoms in total. The predicted octanol–water partition coefficient (Wildman–Crippen LogP) is 1.58. The van der Waals surface area contributed by atoms with Gasteiger partial charge in [0.2, 0.25) is 5.15 Å². The molecular formula is C12H12ClN3O5. The molecule has 1 aromatic heterocycles. The monoisotopic (exact) mass is 313 g/mol. The molecule has 1 atom stereocenters. The van der Waals surface area contributed by atoms with Gasteiger partial charge in [0.1, 0.15) is 5.56 Å². The first-order valence-electron chi connectivity index (χ1n) is 6.08. The summed E-state index contributed by atoms with van der Waals surface area (Å²) in [6, 6.07) is 1.21. The summed E-state index contributed by atoms with van der Waals surface area (Å²) < 4.78 is 0. The fourth-order valence-corrected chi connectivity index (χ4v) is 2.48. The molecule has 9 heteroatoms. The molecule has 1 aliphatic rings. The lowest BCUT2D eigenvalue weighted by molar-refractivity contribution is -0.385. The van der Waals surface area contributed by atoms with Crippen LogP contribution in [0.1, 0.15) is 23.7 Å². The Morgan fingerprint density at radius 2 is 2.24 bits per heavy atom. The van der Waals surface area contributed by atoms with Crippen LogP contribution < -0.4 is 0 Å². The van der Waals surface area contributed by atoms with Crippen molar-refractivity contribution in [1.82, 2.24) is 9.88 Å². The quantitative estimate of drug-likeness (QED) is 0.515. The number of nitrogens with zero attached hydrogens (tertiary/aromatic N) is 3. The second-order valence-corrected chi connectivity index (χ2v) is 5.46. The number of carbonyl (C=O) groups excluding carboxylic acids is 1. The van der Waals surface area contributed by atoms with Crippen LogP contribution in [0.4, 0.5) is 5.69 Å². The van der Waals surface area contributed by atoms with Gasteiger partial charge in [-0.1, -0.05) is 11.6 Å². The summed E-state index contributed by atoms with van der Waals surface area (Å²) in [4.78, 5) is 38.7. The summed E-state index contributed by atoms with van der Waals surface area (Å²) in [6.45, 7) is 1.76. The molecule has 2 rings (SSSR count). The van der Waals surface area contributed by atoms with Crippen LogP contribution in [0.25, 0.3) is 0 Å². The number of likely N-dealkylation sites (tertiary alicyclic amines) is 1. The number of rotatable bonds is 3. The number of hydrogen-bond donors (Lipinski definition) is 1. The molecule has 0 spiro atoms. The van der Waals surface area contributed by atoms with Crippen LogP contribution in [-0.4, -0.2) is 44.9 Å². The highest BCUT2D eigenvalue weighted by Gasteiger charge is 2.43. The standard InChI is InChI=1S/C12H12ClN3O5/c1-12(11(18)19)3-5-15(6-12)10(17)7-2-4-14-9(13)8(7)16(20)21/h2,4H,3,5-6H2,1H3,(H,18,19). The Hall–Kier alpha value is -2.22. The van der Waals surface area contributed by atoms with Crippen LogP contribution in [0.5, 0.6) is 0 Å². The van der Waals surface area contributed by atoms with Crippen molar-refractivity contribution in [2.75, 3.05) is 13.1 Å². The summed E-state index contributed by atoms with van der Waals surface area (Å²) in [7, 11) is 0. The molecule has 1 amide bonds. The molecule has 1 aliphatic heterocycles. The average Bonchev–Trinajstić information content (AvgIpc) is 2.81. The minimum Gasteiger partial charge on any atom is -0.481 e. The number of hydrogen-bond acceptors (Lipinski definition) is 5. The van der Waals surface area contributed by atoms with Crippen LogP contribution in [-0.2, 0) is 4.79 Å². The Morgan fingerprint density at radius 1 is 1.57 bits per heavy atom. The van der Waals surface area contributed by atoms with E-state index in [2.05, 4.69) is 4.98 Å². The minimum absolute atomic E-state index is 0.00172. The summed E-state index contributed by atoms with van der Waals surface area (Å²) in [5.41, 5.74) is -1.79. The molecule has 1 unspecified atom stereocenters. The van der Waals surface area contributed by atoms with Gasteiger partial charge in [-0.2, -0.15) is 0 Å². The molecule has 1 aromatic rings. The van der Waals surface area contributed by atoms with Crippen LogP contribution in [0.2, 0.25) is 5.15 Å². The van der Waals surface area contributed by atoms with E-state index in [1.54, 1.807) is 0 Å². The number of nitro groups is 1. The second-order valence-electron chi connectivity index (χ2n) is 5.10. The van der Waals surface area contributed by atoms with E-state index in [-0.39, 0.29) is 23.8 Å². The normalized spacial score (nSPS) is 21.3. The summed E-state index contributed by atoms with van der Waals surface area (Å²) in [5, 5.41) is 19.8. The van der Waals surface area contributed by atoms with E-state index in [9.17, 15) is 19.7 Å². The lowest BCUT2D eigenvalue weighted by Gasteiger charge is -2.20. The van der Waals surface area contributed by atoms with Gasteiger partial charge in [-0.15, -0.1) is 0 Å². The lowest BCUT2D eigenvalue weighted by Crippen LogP contribution is -2.35. The van der Waals surface area contributed by atoms with Gasteiger partial charge < -0.3 is 10.0 Å². The summed E-state index contributed by atoms with van der Waals surface area (Å²) in [6.07, 6.45) is 1.50. The van der Waals surface area contributed by atoms with Crippen molar-refractivity contribution in [2.45, 2.75) is 13.3 Å². The van der Waals surface area contributed by atoms with Crippen molar-refractivity contribution in [1.29, 1.82) is 0 Å². The molecule has 21 heavy (non-hydrogen) atoms. The van der Waals surface area contributed by atoms with E-state index in [0.29, 0.717) is 6.42 Å².